The molecule has 1 aliphatic heterocycles. The number of amides is 2. The van der Waals surface area contributed by atoms with Crippen molar-refractivity contribution in [2.45, 2.75) is 37.9 Å². The number of nitrogens with zero attached hydrogens (tertiary/aromatic N) is 1. The first-order valence-electron chi connectivity index (χ1n) is 12.5. The van der Waals surface area contributed by atoms with Crippen LogP contribution >= 0.6 is 11.6 Å². The highest BCUT2D eigenvalue weighted by Gasteiger charge is 2.35. The average molecular weight is 552 g/mol. The zero-order valence-electron chi connectivity index (χ0n) is 21.6. The van der Waals surface area contributed by atoms with Gasteiger partial charge in [0.05, 0.1) is 24.4 Å². The number of likely N-dealkylation sites (tertiary alicyclic amines) is 1. The summed E-state index contributed by atoms with van der Waals surface area (Å²) < 4.78 is 11.3. The van der Waals surface area contributed by atoms with Crippen molar-refractivity contribution in [2.24, 2.45) is 0 Å². The van der Waals surface area contributed by atoms with Gasteiger partial charge in [0, 0.05) is 18.7 Å². The molecule has 0 aromatic heterocycles. The third-order valence-electron chi connectivity index (χ3n) is 6.55. The van der Waals surface area contributed by atoms with E-state index in [0.29, 0.717) is 35.8 Å². The first-order chi connectivity index (χ1) is 18.7. The van der Waals surface area contributed by atoms with E-state index in [-0.39, 0.29) is 17.8 Å². The fourth-order valence-corrected chi connectivity index (χ4v) is 4.83. The second kappa shape index (κ2) is 12.6. The number of rotatable bonds is 10. The number of carbonyl (C=O) groups is 3. The van der Waals surface area contributed by atoms with E-state index in [1.54, 1.807) is 23.1 Å². The minimum atomic E-state index is -1.03. The summed E-state index contributed by atoms with van der Waals surface area (Å²) in [5.41, 5.74) is 2.12. The van der Waals surface area contributed by atoms with Crippen molar-refractivity contribution >= 4 is 40.8 Å². The summed E-state index contributed by atoms with van der Waals surface area (Å²) in [5, 5.41) is 14.7. The number of alkyl halides is 1. The standard InChI is InChI=1S/C29H30ClN3O6/c1-18-6-3-4-7-22(18)31-29(37)32-23-14-9-19(17-26(23)38-2)16-25(34)24-8-5-15-33(24)28(30)39-21-12-10-20(11-13-21)27(35)36/h3-4,6-7,9-14,17,24,28H,5,8,15-16H2,1-2H3,(H,35,36)(H2,31,32,37). The number of anilines is 2. The largest absolute Gasteiger partial charge is 0.495 e. The van der Waals surface area contributed by atoms with Gasteiger partial charge in [0.15, 0.2) is 5.78 Å². The molecule has 39 heavy (non-hydrogen) atoms. The van der Waals surface area contributed by atoms with Crippen molar-refractivity contribution in [2.75, 3.05) is 24.3 Å². The maximum Gasteiger partial charge on any atom is 0.335 e. The Morgan fingerprint density at radius 1 is 1.05 bits per heavy atom. The van der Waals surface area contributed by atoms with E-state index in [1.165, 1.54) is 31.4 Å². The van der Waals surface area contributed by atoms with Gasteiger partial charge < -0.3 is 25.2 Å². The van der Waals surface area contributed by atoms with E-state index in [1.807, 2.05) is 31.2 Å². The lowest BCUT2D eigenvalue weighted by Crippen LogP contribution is -2.43. The summed E-state index contributed by atoms with van der Waals surface area (Å²) in [6, 6.07) is 17.8. The van der Waals surface area contributed by atoms with Crippen LogP contribution in [-0.2, 0) is 11.2 Å². The van der Waals surface area contributed by atoms with Crippen molar-refractivity contribution in [3.63, 3.8) is 0 Å². The number of para-hydroxylation sites is 1. The molecular weight excluding hydrogens is 522 g/mol. The summed E-state index contributed by atoms with van der Waals surface area (Å²) in [5.74, 6) is -0.188. The van der Waals surface area contributed by atoms with Crippen LogP contribution in [0.1, 0.15) is 34.3 Å². The second-order valence-corrected chi connectivity index (χ2v) is 9.58. The zero-order chi connectivity index (χ0) is 27.9. The van der Waals surface area contributed by atoms with Gasteiger partial charge in [0.25, 0.3) is 0 Å². The molecule has 1 fully saturated rings. The summed E-state index contributed by atoms with van der Waals surface area (Å²) in [6.07, 6.45) is 1.60. The number of aryl methyl sites for hydroxylation is 1. The molecule has 3 aromatic carbocycles. The monoisotopic (exact) mass is 551 g/mol. The molecule has 2 amide bonds. The molecule has 1 saturated heterocycles. The number of nitrogens with one attached hydrogen (secondary N) is 2. The van der Waals surface area contributed by atoms with Crippen LogP contribution in [0.2, 0.25) is 0 Å². The molecule has 204 valence electrons. The van der Waals surface area contributed by atoms with Gasteiger partial charge in [-0.05, 0) is 73.4 Å². The van der Waals surface area contributed by atoms with E-state index in [9.17, 15) is 14.4 Å². The SMILES string of the molecule is COc1cc(CC(=O)C2CCCN2C(Cl)Oc2ccc(C(=O)O)cc2)ccc1NC(=O)Nc1ccccc1C. The lowest BCUT2D eigenvalue weighted by Gasteiger charge is -2.28. The van der Waals surface area contributed by atoms with Gasteiger partial charge in [-0.25, -0.2) is 14.5 Å². The number of carboxylic acid groups (broad SMARTS) is 1. The molecule has 0 spiro atoms. The quantitative estimate of drug-likeness (QED) is 0.224. The van der Waals surface area contributed by atoms with E-state index < -0.39 is 23.7 Å². The van der Waals surface area contributed by atoms with Crippen molar-refractivity contribution < 1.29 is 29.0 Å². The number of carbonyl (C=O) groups excluding carboxylic acids is 2. The molecule has 4 rings (SSSR count). The van der Waals surface area contributed by atoms with Gasteiger partial charge in [-0.15, -0.1) is 0 Å². The topological polar surface area (TPSA) is 117 Å². The third-order valence-corrected chi connectivity index (χ3v) is 6.89. The Balaban J connectivity index is 1.37. The number of hydrogen-bond donors (Lipinski definition) is 3. The van der Waals surface area contributed by atoms with Gasteiger partial charge >= 0.3 is 12.0 Å². The Kier molecular flexibility index (Phi) is 9.06. The highest BCUT2D eigenvalue weighted by Crippen LogP contribution is 2.29. The molecule has 10 heteroatoms. The number of ether oxygens (including phenoxy) is 2. The molecule has 0 saturated carbocycles. The number of methoxy groups -OCH3 is 1. The highest BCUT2D eigenvalue weighted by molar-refractivity contribution is 6.19. The van der Waals surface area contributed by atoms with Crippen molar-refractivity contribution in [3.05, 3.63) is 83.4 Å². The van der Waals surface area contributed by atoms with E-state index in [4.69, 9.17) is 26.2 Å². The van der Waals surface area contributed by atoms with Crippen molar-refractivity contribution in [1.29, 1.82) is 0 Å². The first-order valence-corrected chi connectivity index (χ1v) is 12.9. The Morgan fingerprint density at radius 2 is 1.77 bits per heavy atom. The Labute approximate surface area is 231 Å². The fourth-order valence-electron chi connectivity index (χ4n) is 4.49. The van der Waals surface area contributed by atoms with Gasteiger partial charge in [0.2, 0.25) is 5.69 Å². The predicted molar refractivity (Wildman–Crippen MR) is 149 cm³/mol. The molecule has 3 N–H and O–H groups in total. The molecule has 0 bridgehead atoms. The van der Waals surface area contributed by atoms with Crippen LogP contribution in [0.4, 0.5) is 16.2 Å². The van der Waals surface area contributed by atoms with Gasteiger partial charge in [-0.2, -0.15) is 0 Å². The Hall–Kier alpha value is -4.08. The van der Waals surface area contributed by atoms with Crippen LogP contribution in [0.15, 0.2) is 66.7 Å². The van der Waals surface area contributed by atoms with Crippen LogP contribution in [0.25, 0.3) is 0 Å². The van der Waals surface area contributed by atoms with Crippen LogP contribution in [0.3, 0.4) is 0 Å². The fraction of sp³-hybridized carbons (Fsp3) is 0.276. The molecule has 3 aromatic rings. The lowest BCUT2D eigenvalue weighted by molar-refractivity contribution is -0.124. The predicted octanol–water partition coefficient (Wildman–Crippen LogP) is 5.52. The Morgan fingerprint density at radius 3 is 2.46 bits per heavy atom. The van der Waals surface area contributed by atoms with Crippen LogP contribution in [-0.4, -0.2) is 53.2 Å². The van der Waals surface area contributed by atoms with E-state index >= 15 is 0 Å². The minimum Gasteiger partial charge on any atom is -0.495 e. The summed E-state index contributed by atoms with van der Waals surface area (Å²) in [4.78, 5) is 38.6. The maximum absolute atomic E-state index is 13.3. The number of benzene rings is 3. The number of hydrogen-bond acceptors (Lipinski definition) is 6. The average Bonchev–Trinajstić information content (AvgIpc) is 3.42. The van der Waals surface area contributed by atoms with E-state index in [0.717, 1.165) is 17.5 Å². The highest BCUT2D eigenvalue weighted by atomic mass is 35.5. The summed E-state index contributed by atoms with van der Waals surface area (Å²) >= 11 is 6.52. The minimum absolute atomic E-state index is 0.0111. The normalized spacial score (nSPS) is 15.8. The van der Waals surface area contributed by atoms with Crippen molar-refractivity contribution in [1.82, 2.24) is 4.90 Å². The number of halogens is 1. The Bertz CT molecular complexity index is 1350. The van der Waals surface area contributed by atoms with E-state index in [2.05, 4.69) is 10.6 Å². The molecule has 2 unspecified atom stereocenters. The number of ketones is 1. The van der Waals surface area contributed by atoms with Gasteiger partial charge in [0.1, 0.15) is 11.5 Å². The smallest absolute Gasteiger partial charge is 0.335 e. The molecule has 9 nitrogen and oxygen atoms in total. The van der Waals surface area contributed by atoms with Crippen LogP contribution < -0.4 is 20.1 Å². The zero-order valence-corrected chi connectivity index (χ0v) is 22.4. The molecule has 0 radical (unpaired) electrons. The van der Waals surface area contributed by atoms with Crippen molar-refractivity contribution in [3.8, 4) is 11.5 Å². The van der Waals surface area contributed by atoms with Crippen LogP contribution in [0, 0.1) is 6.92 Å². The lowest BCUT2D eigenvalue weighted by atomic mass is 10.0. The molecule has 2 atom stereocenters. The molecule has 1 heterocycles. The number of carboxylic acids is 1. The van der Waals surface area contributed by atoms with Crippen LogP contribution in [0.5, 0.6) is 11.5 Å². The third kappa shape index (κ3) is 7.07. The summed E-state index contributed by atoms with van der Waals surface area (Å²) in [7, 11) is 1.50. The first kappa shape index (κ1) is 27.9. The second-order valence-electron chi connectivity index (χ2n) is 9.21. The molecular formula is C29H30ClN3O6. The number of aromatic carboxylic acids is 1. The molecule has 0 aliphatic carbocycles. The van der Waals surface area contributed by atoms with Gasteiger partial charge in [-0.1, -0.05) is 35.9 Å². The summed E-state index contributed by atoms with van der Waals surface area (Å²) in [6.45, 7) is 2.50. The molecule has 1 aliphatic rings. The number of Topliss-reactive ketones (excluding diaryl/α,β-unsaturated/α-hetero) is 1. The van der Waals surface area contributed by atoms with Gasteiger partial charge in [-0.3, -0.25) is 4.79 Å². The maximum atomic E-state index is 13.3. The number of urea groups is 1.